The molecule has 5 aliphatic carbocycles. The van der Waals surface area contributed by atoms with E-state index in [2.05, 4.69) is 26.8 Å². The van der Waals surface area contributed by atoms with Crippen LogP contribution in [0.5, 0.6) is 0 Å². The van der Waals surface area contributed by atoms with Crippen LogP contribution in [0.25, 0.3) is 0 Å². The SMILES string of the molecule is CC=C(C)C(=O)OC1C(OC(C)=O)C2(CO)C(O)CC3(C)C(=CCC4C5(C)CCC(OC6OC(C(=O)O)C(O)C(OC7OC(CO)C(O)C(O)C7O)C6OC6OCC(O)C(O)C6OC6OCC(O)C(O)C6O)C(C)(CO)C5CCC43C)C2CC1(C)C. The van der Waals surface area contributed by atoms with Gasteiger partial charge in [0.2, 0.25) is 0 Å². The van der Waals surface area contributed by atoms with Gasteiger partial charge in [0, 0.05) is 23.3 Å². The number of allylic oxidation sites excluding steroid dienone is 3. The van der Waals surface area contributed by atoms with Gasteiger partial charge in [0.05, 0.1) is 50.7 Å². The number of rotatable bonds is 15. The largest absolute Gasteiger partial charge is 0.479 e. The molecule has 27 heteroatoms. The fraction of sp³-hybridized carbons (Fsp3) is 0.881. The monoisotopic (exact) mass is 1230 g/mol. The van der Waals surface area contributed by atoms with Crippen LogP contribution < -0.4 is 0 Å². The van der Waals surface area contributed by atoms with E-state index in [0.717, 1.165) is 5.57 Å². The minimum absolute atomic E-state index is 0.121. The Morgan fingerprint density at radius 3 is 1.88 bits per heavy atom. The number of hydrogen-bond acceptors (Lipinski definition) is 26. The van der Waals surface area contributed by atoms with Gasteiger partial charge in [0.1, 0.15) is 91.6 Å². The first-order chi connectivity index (χ1) is 40.3. The number of ether oxygens (including phenoxy) is 10. The van der Waals surface area contributed by atoms with Gasteiger partial charge >= 0.3 is 17.9 Å². The van der Waals surface area contributed by atoms with Gasteiger partial charge in [-0.25, -0.2) is 9.59 Å². The summed E-state index contributed by atoms with van der Waals surface area (Å²) in [6.07, 6.45) is -32.4. The Morgan fingerprint density at radius 1 is 0.640 bits per heavy atom. The second-order valence-electron chi connectivity index (χ2n) is 27.4. The average Bonchev–Trinajstić information content (AvgIpc) is 0.675. The molecule has 4 saturated heterocycles. The van der Waals surface area contributed by atoms with Crippen LogP contribution in [0.1, 0.15) is 107 Å². The molecule has 4 aliphatic heterocycles. The van der Waals surface area contributed by atoms with Crippen molar-refractivity contribution in [2.45, 2.75) is 242 Å². The number of carbonyl (C=O) groups is 3. The highest BCUT2D eigenvalue weighted by atomic mass is 16.8. The zero-order valence-corrected chi connectivity index (χ0v) is 50.1. The maximum absolute atomic E-state index is 13.5. The number of aliphatic hydroxyl groups excluding tert-OH is 13. The van der Waals surface area contributed by atoms with Crippen LogP contribution in [-0.4, -0.2) is 257 Å². The molecule has 490 valence electrons. The van der Waals surface area contributed by atoms with Crippen molar-refractivity contribution >= 4 is 17.9 Å². The third kappa shape index (κ3) is 11.0. The van der Waals surface area contributed by atoms with E-state index in [0.29, 0.717) is 37.7 Å². The summed E-state index contributed by atoms with van der Waals surface area (Å²) < 4.78 is 60.8. The Hall–Kier alpha value is -2.95. The number of carbonyl (C=O) groups excluding carboxylic acids is 2. The molecule has 9 aliphatic rings. The summed E-state index contributed by atoms with van der Waals surface area (Å²) >= 11 is 0. The molecule has 0 bridgehead atoms. The molecule has 30 unspecified atom stereocenters. The third-order valence-corrected chi connectivity index (χ3v) is 22.4. The van der Waals surface area contributed by atoms with Crippen LogP contribution in [0.4, 0.5) is 0 Å². The van der Waals surface area contributed by atoms with E-state index in [1.165, 1.54) is 6.92 Å². The van der Waals surface area contributed by atoms with Crippen LogP contribution in [-0.2, 0) is 61.8 Å². The molecule has 9 rings (SSSR count). The van der Waals surface area contributed by atoms with Crippen molar-refractivity contribution in [2.24, 2.45) is 50.2 Å². The second kappa shape index (κ2) is 24.9. The van der Waals surface area contributed by atoms with Crippen molar-refractivity contribution in [1.29, 1.82) is 0 Å². The molecule has 86 heavy (non-hydrogen) atoms. The summed E-state index contributed by atoms with van der Waals surface area (Å²) in [6, 6.07) is 0. The Kier molecular flexibility index (Phi) is 19.5. The highest BCUT2D eigenvalue weighted by Crippen LogP contribution is 2.76. The smallest absolute Gasteiger partial charge is 0.335 e. The maximum atomic E-state index is 13.5. The van der Waals surface area contributed by atoms with Gasteiger partial charge in [-0.15, -0.1) is 0 Å². The topological polar surface area (TPSA) is 427 Å². The van der Waals surface area contributed by atoms with Crippen LogP contribution in [0, 0.1) is 50.2 Å². The molecule has 0 aromatic heterocycles. The van der Waals surface area contributed by atoms with E-state index in [9.17, 15) is 85.9 Å². The van der Waals surface area contributed by atoms with Crippen molar-refractivity contribution in [2.75, 3.05) is 33.0 Å². The molecular weight excluding hydrogens is 1140 g/mol. The third-order valence-electron chi connectivity index (χ3n) is 22.4. The van der Waals surface area contributed by atoms with Crippen LogP contribution >= 0.6 is 0 Å². The van der Waals surface area contributed by atoms with Crippen LogP contribution in [0.3, 0.4) is 0 Å². The summed E-state index contributed by atoms with van der Waals surface area (Å²) in [6.45, 7) is 13.6. The molecule has 4 saturated carbocycles. The number of fused-ring (bicyclic) bond motifs is 7. The van der Waals surface area contributed by atoms with Gasteiger partial charge in [0.25, 0.3) is 0 Å². The quantitative estimate of drug-likeness (QED) is 0.0357. The van der Waals surface area contributed by atoms with E-state index in [1.54, 1.807) is 19.9 Å². The summed E-state index contributed by atoms with van der Waals surface area (Å²) in [5.41, 5.74) is -4.02. The lowest BCUT2D eigenvalue weighted by molar-refractivity contribution is -0.400. The Morgan fingerprint density at radius 2 is 1.27 bits per heavy atom. The molecule has 8 fully saturated rings. The Labute approximate surface area is 498 Å². The van der Waals surface area contributed by atoms with Gasteiger partial charge < -0.3 is 119 Å². The molecule has 27 nitrogen and oxygen atoms in total. The van der Waals surface area contributed by atoms with E-state index >= 15 is 0 Å². The zero-order chi connectivity index (χ0) is 63.3. The van der Waals surface area contributed by atoms with Gasteiger partial charge in [-0.2, -0.15) is 0 Å². The van der Waals surface area contributed by atoms with E-state index in [4.69, 9.17) is 47.4 Å². The van der Waals surface area contributed by atoms with Gasteiger partial charge in [0.15, 0.2) is 31.3 Å². The predicted octanol–water partition coefficient (Wildman–Crippen LogP) is -2.22. The number of esters is 2. The normalized spacial score (nSPS) is 51.2. The average molecular weight is 1230 g/mol. The van der Waals surface area contributed by atoms with Gasteiger partial charge in [-0.05, 0) is 92.8 Å². The number of aliphatic hydroxyl groups is 13. The Balaban J connectivity index is 1.06. The first kappa shape index (κ1) is 67.4. The van der Waals surface area contributed by atoms with Crippen molar-refractivity contribution in [3.8, 4) is 0 Å². The van der Waals surface area contributed by atoms with Crippen molar-refractivity contribution < 1.29 is 133 Å². The number of carboxylic acid groups (broad SMARTS) is 1. The number of hydrogen-bond donors (Lipinski definition) is 14. The lowest BCUT2D eigenvalue weighted by Gasteiger charge is -2.72. The van der Waals surface area contributed by atoms with Crippen molar-refractivity contribution in [1.82, 2.24) is 0 Å². The minimum atomic E-state index is -2.26. The maximum Gasteiger partial charge on any atom is 0.335 e. The second-order valence-corrected chi connectivity index (χ2v) is 27.4. The summed E-state index contributed by atoms with van der Waals surface area (Å²) in [4.78, 5) is 39.6. The Bertz CT molecular complexity index is 2510. The lowest BCUT2D eigenvalue weighted by Crippen LogP contribution is -2.72. The van der Waals surface area contributed by atoms with Crippen molar-refractivity contribution in [3.63, 3.8) is 0 Å². The zero-order valence-electron chi connectivity index (χ0n) is 50.1. The fourth-order valence-corrected chi connectivity index (χ4v) is 17.1. The highest BCUT2D eigenvalue weighted by molar-refractivity contribution is 5.87. The van der Waals surface area contributed by atoms with E-state index in [1.807, 2.05) is 20.8 Å². The first-order valence-corrected chi connectivity index (χ1v) is 30.0. The molecule has 0 aromatic carbocycles. The lowest BCUT2D eigenvalue weighted by atomic mass is 9.33. The molecule has 0 spiro atoms. The molecule has 0 amide bonds. The highest BCUT2D eigenvalue weighted by Gasteiger charge is 2.74. The molecule has 14 N–H and O–H groups in total. The molecule has 30 atom stereocenters. The predicted molar refractivity (Wildman–Crippen MR) is 290 cm³/mol. The fourth-order valence-electron chi connectivity index (χ4n) is 17.1. The molecule has 0 aromatic rings. The molecule has 4 heterocycles. The van der Waals surface area contributed by atoms with Crippen LogP contribution in [0.2, 0.25) is 0 Å². The van der Waals surface area contributed by atoms with Crippen LogP contribution in [0.15, 0.2) is 23.3 Å². The summed E-state index contributed by atoms with van der Waals surface area (Å²) in [5, 5.41) is 156. The van der Waals surface area contributed by atoms with Crippen molar-refractivity contribution in [3.05, 3.63) is 23.3 Å². The summed E-state index contributed by atoms with van der Waals surface area (Å²) in [7, 11) is 0. The summed E-state index contributed by atoms with van der Waals surface area (Å²) in [5.74, 6) is -4.03. The molecular formula is C59H92O27. The standard InChI is InChI=1S/C59H92O27/c1-10-24(2)49(76)86-46-47(79-25(3)63)59(23-62)27(17-54(46,4)5)26-11-12-32-55(6)15-14-34(56(7,22-61)31(55)13-16-57(32,8)58(26,9)18-33(59)66)81-53-45(85-52-44(36(68)29(65)21-78-52)84-50-39(71)35(67)28(64)20-77-50)42(41(73)43(83-53)48(74)75)82-51-40(72)38(70)37(69)30(19-60)80-51/h10-11,27-47,50-53,60-62,64-73H,12-23H2,1-9H3,(H,74,75). The first-order valence-electron chi connectivity index (χ1n) is 30.0. The van der Waals surface area contributed by atoms with E-state index < -0.39 is 224 Å². The minimum Gasteiger partial charge on any atom is -0.479 e. The van der Waals surface area contributed by atoms with Gasteiger partial charge in [-0.3, -0.25) is 4.79 Å². The number of aliphatic carboxylic acids is 1. The number of carboxylic acids is 1. The van der Waals surface area contributed by atoms with E-state index in [-0.39, 0.29) is 24.7 Å². The van der Waals surface area contributed by atoms with Gasteiger partial charge in [-0.1, -0.05) is 59.3 Å². The molecule has 0 radical (unpaired) electrons.